The lowest BCUT2D eigenvalue weighted by atomic mass is 10.1. The molecule has 0 fully saturated rings. The van der Waals surface area contributed by atoms with Crippen LogP contribution in [0.3, 0.4) is 0 Å². The van der Waals surface area contributed by atoms with E-state index < -0.39 is 0 Å². The molecule has 0 aliphatic carbocycles. The molecule has 1 aromatic heterocycles. The topological polar surface area (TPSA) is 76.8 Å². The van der Waals surface area contributed by atoms with Crippen molar-refractivity contribution in [2.75, 3.05) is 20.8 Å². The van der Waals surface area contributed by atoms with Crippen molar-refractivity contribution in [1.82, 2.24) is 9.97 Å². The third kappa shape index (κ3) is 4.26. The summed E-state index contributed by atoms with van der Waals surface area (Å²) in [4.78, 5) is 12.5. The second kappa shape index (κ2) is 8.09. The zero-order valence-corrected chi connectivity index (χ0v) is 12.6. The van der Waals surface area contributed by atoms with Gasteiger partial charge in [0.2, 0.25) is 5.88 Å². The van der Waals surface area contributed by atoms with Crippen LogP contribution in [0, 0.1) is 0 Å². The van der Waals surface area contributed by atoms with Crippen molar-refractivity contribution in [3.05, 3.63) is 47.7 Å². The Balaban J connectivity index is 2.11. The summed E-state index contributed by atoms with van der Waals surface area (Å²) < 4.78 is 10.1. The van der Waals surface area contributed by atoms with E-state index in [4.69, 9.17) is 9.47 Å². The molecular formula is C16H19N3O3. The van der Waals surface area contributed by atoms with Crippen molar-refractivity contribution in [2.24, 2.45) is 4.99 Å². The molecule has 22 heavy (non-hydrogen) atoms. The van der Waals surface area contributed by atoms with Gasteiger partial charge in [-0.05, 0) is 12.0 Å². The summed E-state index contributed by atoms with van der Waals surface area (Å²) in [5.41, 5.74) is 1.76. The Morgan fingerprint density at radius 2 is 2.00 bits per heavy atom. The molecule has 2 aromatic rings. The number of hydrogen-bond acceptors (Lipinski definition) is 6. The largest absolute Gasteiger partial charge is 0.480 e. The second-order valence-electron chi connectivity index (χ2n) is 4.63. The molecule has 0 bridgehead atoms. The third-order valence-corrected chi connectivity index (χ3v) is 3.08. The van der Waals surface area contributed by atoms with Gasteiger partial charge in [0, 0.05) is 12.4 Å². The fraction of sp³-hybridized carbons (Fsp3) is 0.312. The normalized spacial score (nSPS) is 12.3. The van der Waals surface area contributed by atoms with Crippen LogP contribution in [0.1, 0.15) is 11.1 Å². The Morgan fingerprint density at radius 1 is 1.23 bits per heavy atom. The van der Waals surface area contributed by atoms with Crippen LogP contribution in [0.4, 0.5) is 0 Å². The highest BCUT2D eigenvalue weighted by atomic mass is 16.5. The number of aromatic nitrogens is 2. The van der Waals surface area contributed by atoms with Gasteiger partial charge in [0.05, 0.1) is 32.4 Å². The molecule has 0 saturated heterocycles. The molecule has 1 aromatic carbocycles. The van der Waals surface area contributed by atoms with Crippen LogP contribution in [0.5, 0.6) is 11.9 Å². The summed E-state index contributed by atoms with van der Waals surface area (Å²) in [6.07, 6.45) is 3.85. The first kappa shape index (κ1) is 15.9. The van der Waals surface area contributed by atoms with E-state index in [1.54, 1.807) is 12.4 Å². The zero-order valence-electron chi connectivity index (χ0n) is 12.6. The van der Waals surface area contributed by atoms with Crippen molar-refractivity contribution >= 4 is 6.21 Å². The maximum atomic E-state index is 9.48. The van der Waals surface area contributed by atoms with E-state index in [0.717, 1.165) is 5.56 Å². The van der Waals surface area contributed by atoms with E-state index in [2.05, 4.69) is 15.0 Å². The quantitative estimate of drug-likeness (QED) is 0.785. The lowest BCUT2D eigenvalue weighted by Gasteiger charge is -2.10. The molecule has 6 heteroatoms. The summed E-state index contributed by atoms with van der Waals surface area (Å²) in [7, 11) is 3.01. The van der Waals surface area contributed by atoms with Gasteiger partial charge < -0.3 is 14.6 Å². The third-order valence-electron chi connectivity index (χ3n) is 3.08. The lowest BCUT2D eigenvalue weighted by Crippen LogP contribution is -2.14. The minimum atomic E-state index is -0.228. The summed E-state index contributed by atoms with van der Waals surface area (Å²) >= 11 is 0. The van der Waals surface area contributed by atoms with Crippen LogP contribution in [0.15, 0.2) is 41.5 Å². The highest BCUT2D eigenvalue weighted by Gasteiger charge is 2.09. The minimum Gasteiger partial charge on any atom is -0.480 e. The van der Waals surface area contributed by atoms with Crippen LogP contribution in [-0.4, -0.2) is 48.2 Å². The van der Waals surface area contributed by atoms with Crippen LogP contribution >= 0.6 is 0 Å². The van der Waals surface area contributed by atoms with E-state index in [0.29, 0.717) is 17.9 Å². The van der Waals surface area contributed by atoms with E-state index in [1.807, 2.05) is 30.3 Å². The predicted octanol–water partition coefficient (Wildman–Crippen LogP) is 1.52. The standard InChI is InChI=1S/C16H19N3O3/c1-21-15-13(10-18-16(19-15)22-2)9-17-14(11-20)8-12-6-4-3-5-7-12/h3-7,9-10,14,20H,8,11H2,1-2H3/t14-/m1/s1. The van der Waals surface area contributed by atoms with E-state index in [1.165, 1.54) is 14.2 Å². The molecule has 0 aliphatic heterocycles. The zero-order chi connectivity index (χ0) is 15.8. The molecule has 116 valence electrons. The highest BCUT2D eigenvalue weighted by Crippen LogP contribution is 2.15. The van der Waals surface area contributed by atoms with Crippen molar-refractivity contribution in [3.63, 3.8) is 0 Å². The van der Waals surface area contributed by atoms with Crippen molar-refractivity contribution in [1.29, 1.82) is 0 Å². The first-order valence-corrected chi connectivity index (χ1v) is 6.89. The average Bonchev–Trinajstić information content (AvgIpc) is 2.59. The number of aliphatic hydroxyl groups excluding tert-OH is 1. The van der Waals surface area contributed by atoms with Crippen LogP contribution in [0.25, 0.3) is 0 Å². The van der Waals surface area contributed by atoms with E-state index >= 15 is 0 Å². The molecule has 2 rings (SSSR count). The smallest absolute Gasteiger partial charge is 0.319 e. The van der Waals surface area contributed by atoms with Gasteiger partial charge >= 0.3 is 6.01 Å². The fourth-order valence-corrected chi connectivity index (χ4v) is 1.95. The molecule has 0 saturated carbocycles. The summed E-state index contributed by atoms with van der Waals surface area (Å²) in [6.45, 7) is -0.0370. The number of aliphatic imine (C=N–C) groups is 1. The number of rotatable bonds is 7. The first-order valence-electron chi connectivity index (χ1n) is 6.89. The van der Waals surface area contributed by atoms with Gasteiger partial charge in [0.1, 0.15) is 0 Å². The first-order chi connectivity index (χ1) is 10.8. The summed E-state index contributed by atoms with van der Waals surface area (Å²) in [5.74, 6) is 0.381. The molecule has 0 unspecified atom stereocenters. The molecular weight excluding hydrogens is 282 g/mol. The molecule has 0 spiro atoms. The van der Waals surface area contributed by atoms with Crippen molar-refractivity contribution in [2.45, 2.75) is 12.5 Å². The van der Waals surface area contributed by atoms with Crippen molar-refractivity contribution < 1.29 is 14.6 Å². The molecule has 1 atom stereocenters. The SMILES string of the molecule is COc1ncc(C=N[C@@H](CO)Cc2ccccc2)c(OC)n1. The molecule has 0 radical (unpaired) electrons. The van der Waals surface area contributed by atoms with Crippen molar-refractivity contribution in [3.8, 4) is 11.9 Å². The molecule has 6 nitrogen and oxygen atoms in total. The van der Waals surface area contributed by atoms with Gasteiger partial charge in [-0.1, -0.05) is 30.3 Å². The molecule has 1 heterocycles. The number of hydrogen-bond donors (Lipinski definition) is 1. The number of nitrogens with zero attached hydrogens (tertiary/aromatic N) is 3. The summed E-state index contributed by atoms with van der Waals surface area (Å²) in [5, 5.41) is 9.48. The molecule has 0 amide bonds. The Labute approximate surface area is 129 Å². The Hall–Kier alpha value is -2.47. The molecule has 1 N–H and O–H groups in total. The predicted molar refractivity (Wildman–Crippen MR) is 83.7 cm³/mol. The van der Waals surface area contributed by atoms with Gasteiger partial charge in [-0.25, -0.2) is 4.98 Å². The summed E-state index contributed by atoms with van der Waals surface area (Å²) in [6, 6.07) is 9.91. The maximum absolute atomic E-state index is 9.48. The monoisotopic (exact) mass is 301 g/mol. The van der Waals surface area contributed by atoms with Gasteiger partial charge in [0.15, 0.2) is 0 Å². The average molecular weight is 301 g/mol. The Kier molecular flexibility index (Phi) is 5.85. The van der Waals surface area contributed by atoms with Gasteiger partial charge in [-0.15, -0.1) is 0 Å². The number of benzene rings is 1. The van der Waals surface area contributed by atoms with Crippen LogP contribution in [-0.2, 0) is 6.42 Å². The van der Waals surface area contributed by atoms with Gasteiger partial charge in [-0.2, -0.15) is 4.98 Å². The molecule has 0 aliphatic rings. The van der Waals surface area contributed by atoms with Crippen LogP contribution < -0.4 is 9.47 Å². The maximum Gasteiger partial charge on any atom is 0.319 e. The fourth-order valence-electron chi connectivity index (χ4n) is 1.95. The lowest BCUT2D eigenvalue weighted by molar-refractivity contribution is 0.266. The highest BCUT2D eigenvalue weighted by molar-refractivity contribution is 5.82. The Morgan fingerprint density at radius 3 is 2.64 bits per heavy atom. The second-order valence-corrected chi connectivity index (χ2v) is 4.63. The number of methoxy groups -OCH3 is 2. The minimum absolute atomic E-state index is 0.0370. The van der Waals surface area contributed by atoms with Gasteiger partial charge in [-0.3, -0.25) is 4.99 Å². The number of aliphatic hydroxyl groups is 1. The Bertz CT molecular complexity index is 617. The van der Waals surface area contributed by atoms with Gasteiger partial charge in [0.25, 0.3) is 0 Å². The van der Waals surface area contributed by atoms with Crippen LogP contribution in [0.2, 0.25) is 0 Å². The number of ether oxygens (including phenoxy) is 2. The van der Waals surface area contributed by atoms with E-state index in [9.17, 15) is 5.11 Å². The van der Waals surface area contributed by atoms with E-state index in [-0.39, 0.29) is 18.7 Å².